The number of piperazine rings is 1. The topological polar surface area (TPSA) is 98.7 Å². The van der Waals surface area contributed by atoms with E-state index in [0.29, 0.717) is 19.3 Å². The van der Waals surface area contributed by atoms with Crippen LogP contribution in [-0.2, 0) is 22.4 Å². The number of hydrogen-bond donors (Lipinski definition) is 4. The zero-order chi connectivity index (χ0) is 19.2. The average Bonchev–Trinajstić information content (AvgIpc) is 2.65. The smallest absolute Gasteiger partial charge is 0.303 e. The first-order chi connectivity index (χ1) is 13.0. The largest absolute Gasteiger partial charge is 0.508 e. The number of carbonyl (C=O) groups excluding carboxylic acids is 1. The molecule has 142 valence electrons. The molecular formula is C21H24N2O4. The number of phenols is 1. The first kappa shape index (κ1) is 18.9. The van der Waals surface area contributed by atoms with Crippen molar-refractivity contribution in [1.82, 2.24) is 10.6 Å². The number of aromatic hydroxyl groups is 1. The van der Waals surface area contributed by atoms with E-state index in [4.69, 9.17) is 5.11 Å². The Labute approximate surface area is 158 Å². The quantitative estimate of drug-likeness (QED) is 0.598. The number of aliphatic carboxylic acids is 1. The van der Waals surface area contributed by atoms with E-state index >= 15 is 0 Å². The van der Waals surface area contributed by atoms with E-state index in [-0.39, 0.29) is 36.2 Å². The summed E-state index contributed by atoms with van der Waals surface area (Å²) < 4.78 is 0. The minimum Gasteiger partial charge on any atom is -0.508 e. The minimum atomic E-state index is -0.850. The van der Waals surface area contributed by atoms with Crippen LogP contribution in [0.2, 0.25) is 0 Å². The summed E-state index contributed by atoms with van der Waals surface area (Å²) in [4.78, 5) is 23.6. The Balaban J connectivity index is 1.71. The number of nitrogens with one attached hydrogen (secondary N) is 2. The summed E-state index contributed by atoms with van der Waals surface area (Å²) in [5, 5.41) is 24.9. The molecule has 0 radical (unpaired) electrons. The second-order valence-electron chi connectivity index (χ2n) is 6.93. The van der Waals surface area contributed by atoms with Gasteiger partial charge in [0.1, 0.15) is 5.75 Å². The molecule has 1 heterocycles. The van der Waals surface area contributed by atoms with Crippen LogP contribution in [0.25, 0.3) is 0 Å². The maximum atomic E-state index is 12.6. The number of carboxylic acid groups (broad SMARTS) is 1. The van der Waals surface area contributed by atoms with Gasteiger partial charge in [0.25, 0.3) is 0 Å². The Kier molecular flexibility index (Phi) is 6.08. The molecule has 2 aromatic carbocycles. The minimum absolute atomic E-state index is 0.0394. The third-order valence-corrected chi connectivity index (χ3v) is 4.89. The van der Waals surface area contributed by atoms with Gasteiger partial charge in [0.15, 0.2) is 0 Å². The molecule has 6 heteroatoms. The highest BCUT2D eigenvalue weighted by atomic mass is 16.4. The van der Waals surface area contributed by atoms with Crippen LogP contribution >= 0.6 is 0 Å². The molecule has 1 saturated heterocycles. The van der Waals surface area contributed by atoms with Gasteiger partial charge in [-0.2, -0.15) is 0 Å². The summed E-state index contributed by atoms with van der Waals surface area (Å²) in [7, 11) is 0. The van der Waals surface area contributed by atoms with E-state index in [2.05, 4.69) is 10.6 Å². The molecule has 6 nitrogen and oxygen atoms in total. The molecule has 0 bridgehead atoms. The van der Waals surface area contributed by atoms with Crippen LogP contribution in [0, 0.1) is 0 Å². The first-order valence-corrected chi connectivity index (χ1v) is 9.11. The Bertz CT molecular complexity index is 777. The predicted octanol–water partition coefficient (Wildman–Crippen LogP) is 1.87. The number of carbonyl (C=O) groups is 2. The van der Waals surface area contributed by atoms with E-state index in [1.165, 1.54) is 0 Å². The van der Waals surface area contributed by atoms with Gasteiger partial charge in [0.05, 0.1) is 6.04 Å². The summed E-state index contributed by atoms with van der Waals surface area (Å²) in [6.45, 7) is 0. The molecule has 1 aliphatic rings. The fraction of sp³-hybridized carbons (Fsp3) is 0.333. The van der Waals surface area contributed by atoms with Crippen molar-refractivity contribution in [3.8, 4) is 5.75 Å². The van der Waals surface area contributed by atoms with Crippen molar-refractivity contribution in [3.63, 3.8) is 0 Å². The maximum absolute atomic E-state index is 12.6. The average molecular weight is 368 g/mol. The second kappa shape index (κ2) is 8.68. The lowest BCUT2D eigenvalue weighted by atomic mass is 9.91. The third kappa shape index (κ3) is 5.31. The molecule has 0 saturated carbocycles. The van der Waals surface area contributed by atoms with E-state index in [1.807, 2.05) is 42.5 Å². The molecule has 27 heavy (non-hydrogen) atoms. The Hall–Kier alpha value is -2.86. The van der Waals surface area contributed by atoms with E-state index < -0.39 is 5.97 Å². The number of carboxylic acids is 1. The number of phenolic OH excluding ortho intramolecular Hbond substituents is 1. The summed E-state index contributed by atoms with van der Waals surface area (Å²) in [5.74, 6) is -0.735. The summed E-state index contributed by atoms with van der Waals surface area (Å²) in [6, 6.07) is 15.9. The molecule has 2 aromatic rings. The van der Waals surface area contributed by atoms with Gasteiger partial charge < -0.3 is 20.8 Å². The van der Waals surface area contributed by atoms with Gasteiger partial charge in [-0.15, -0.1) is 0 Å². The van der Waals surface area contributed by atoms with Crippen molar-refractivity contribution in [3.05, 3.63) is 65.7 Å². The van der Waals surface area contributed by atoms with Crippen molar-refractivity contribution in [2.24, 2.45) is 0 Å². The van der Waals surface area contributed by atoms with Crippen LogP contribution in [-0.4, -0.2) is 40.2 Å². The third-order valence-electron chi connectivity index (χ3n) is 4.89. The molecule has 3 atom stereocenters. The molecule has 0 spiro atoms. The predicted molar refractivity (Wildman–Crippen MR) is 101 cm³/mol. The number of benzene rings is 2. The van der Waals surface area contributed by atoms with Crippen LogP contribution in [0.1, 0.15) is 24.0 Å². The normalized spacial score (nSPS) is 22.2. The highest BCUT2D eigenvalue weighted by Gasteiger charge is 2.35. The van der Waals surface area contributed by atoms with Gasteiger partial charge in [-0.1, -0.05) is 42.5 Å². The van der Waals surface area contributed by atoms with Crippen molar-refractivity contribution < 1.29 is 19.8 Å². The molecule has 0 aliphatic carbocycles. The number of rotatable bonds is 7. The molecule has 0 unspecified atom stereocenters. The second-order valence-corrected chi connectivity index (χ2v) is 6.93. The lowest BCUT2D eigenvalue weighted by Gasteiger charge is -2.38. The maximum Gasteiger partial charge on any atom is 0.303 e. The summed E-state index contributed by atoms with van der Waals surface area (Å²) in [5.41, 5.74) is 2.03. The van der Waals surface area contributed by atoms with Gasteiger partial charge in [0.2, 0.25) is 5.91 Å². The fourth-order valence-corrected chi connectivity index (χ4v) is 3.48. The van der Waals surface area contributed by atoms with Crippen LogP contribution < -0.4 is 10.6 Å². The van der Waals surface area contributed by atoms with Gasteiger partial charge in [-0.3, -0.25) is 9.59 Å². The van der Waals surface area contributed by atoms with Crippen LogP contribution in [0.5, 0.6) is 5.75 Å². The van der Waals surface area contributed by atoms with Gasteiger partial charge in [-0.25, -0.2) is 0 Å². The van der Waals surface area contributed by atoms with E-state index in [0.717, 1.165) is 11.1 Å². The molecule has 3 rings (SSSR count). The van der Waals surface area contributed by atoms with Gasteiger partial charge >= 0.3 is 5.97 Å². The summed E-state index contributed by atoms with van der Waals surface area (Å²) >= 11 is 0. The van der Waals surface area contributed by atoms with Crippen LogP contribution in [0.4, 0.5) is 0 Å². The molecule has 1 amide bonds. The lowest BCUT2D eigenvalue weighted by Crippen LogP contribution is -2.65. The van der Waals surface area contributed by atoms with Crippen molar-refractivity contribution in [2.45, 2.75) is 43.8 Å². The molecule has 1 aliphatic heterocycles. The van der Waals surface area contributed by atoms with Crippen molar-refractivity contribution in [2.75, 3.05) is 0 Å². The SMILES string of the molecule is O=C(O)CC[C@@H]1N[C@H](Cc2ccccc2)C(=O)N[C@H]1Cc1ccc(O)cc1. The van der Waals surface area contributed by atoms with Crippen LogP contribution in [0.3, 0.4) is 0 Å². The molecular weight excluding hydrogens is 344 g/mol. The van der Waals surface area contributed by atoms with Crippen molar-refractivity contribution >= 4 is 11.9 Å². The Morgan fingerprint density at radius 3 is 2.26 bits per heavy atom. The number of hydrogen-bond acceptors (Lipinski definition) is 4. The highest BCUT2D eigenvalue weighted by Crippen LogP contribution is 2.18. The highest BCUT2D eigenvalue weighted by molar-refractivity contribution is 5.83. The lowest BCUT2D eigenvalue weighted by molar-refractivity contribution is -0.137. The standard InChI is InChI=1S/C21H24N2O4/c24-16-8-6-15(7-9-16)12-18-17(10-11-20(25)26)22-19(21(27)23-18)13-14-4-2-1-3-5-14/h1-9,17-19,22,24H,10-13H2,(H,23,27)(H,25,26)/t17-,18-,19+/m0/s1. The zero-order valence-corrected chi connectivity index (χ0v) is 15.0. The Morgan fingerprint density at radius 2 is 1.59 bits per heavy atom. The monoisotopic (exact) mass is 368 g/mol. The van der Waals surface area contributed by atoms with E-state index in [9.17, 15) is 14.7 Å². The van der Waals surface area contributed by atoms with E-state index in [1.54, 1.807) is 12.1 Å². The zero-order valence-electron chi connectivity index (χ0n) is 15.0. The summed E-state index contributed by atoms with van der Waals surface area (Å²) in [6.07, 6.45) is 1.60. The number of amides is 1. The molecule has 1 fully saturated rings. The van der Waals surface area contributed by atoms with Gasteiger partial charge in [0, 0.05) is 18.5 Å². The fourth-order valence-electron chi connectivity index (χ4n) is 3.48. The van der Waals surface area contributed by atoms with Gasteiger partial charge in [-0.05, 0) is 42.5 Å². The Morgan fingerprint density at radius 1 is 0.926 bits per heavy atom. The van der Waals surface area contributed by atoms with Crippen LogP contribution in [0.15, 0.2) is 54.6 Å². The molecule has 0 aromatic heterocycles. The first-order valence-electron chi connectivity index (χ1n) is 9.11. The molecule has 4 N–H and O–H groups in total. The van der Waals surface area contributed by atoms with Crippen molar-refractivity contribution in [1.29, 1.82) is 0 Å².